The Kier molecular flexibility index (Phi) is 18800. The number of rotatable bonds is 0. The van der Waals surface area contributed by atoms with E-state index in [2.05, 4.69) is 0 Å². The first kappa shape index (κ1) is 468. The van der Waals surface area contributed by atoms with Crippen molar-refractivity contribution in [3.8, 4) is 0 Å². The van der Waals surface area contributed by atoms with Crippen LogP contribution < -0.4 is 0 Å². The molecule has 0 amide bonds. The van der Waals surface area contributed by atoms with Gasteiger partial charge in [0.2, 0.25) is 0 Å². The predicted molar refractivity (Wildman–Crippen MR) is 31.5 cm³/mol. The van der Waals surface area contributed by atoms with Gasteiger partial charge < -0.3 is 32.9 Å². The zero-order chi connectivity index (χ0) is 0. The summed E-state index contributed by atoms with van der Waals surface area (Å²) in [7, 11) is 0. The zero-order valence-corrected chi connectivity index (χ0v) is 5.68. The number of hydrogen-bond donors (Lipinski definition) is 0. The van der Waals surface area contributed by atoms with Crippen LogP contribution in [0.1, 0.15) is 0 Å². The average molecular weight is 305 g/mol. The maximum Gasteiger partial charge on any atom is 3.00 e. The molecule has 0 aromatic carbocycles. The normalized spacial score (nSPS) is 0. The summed E-state index contributed by atoms with van der Waals surface area (Å²) < 4.78 is 0. The largest absolute Gasteiger partial charge is 3.00 e. The maximum absolute atomic E-state index is 0. The van der Waals surface area contributed by atoms with E-state index in [1.54, 1.807) is 0 Å². The van der Waals surface area contributed by atoms with Crippen LogP contribution in [0.4, 0.5) is 0 Å². The summed E-state index contributed by atoms with van der Waals surface area (Å²) >= 11 is 0. The minimum Gasteiger partial charge on any atom is -0.870 e. The van der Waals surface area contributed by atoms with Crippen LogP contribution in [0.5, 0.6) is 0 Å². The molecule has 0 spiro atoms. The minimum absolute atomic E-state index is 0. The van der Waals surface area contributed by atoms with Gasteiger partial charge in [-0.2, -0.15) is 0 Å². The molecule has 0 saturated heterocycles. The first-order valence-electron chi connectivity index (χ1n) is 0. The van der Waals surface area contributed by atoms with Crippen LogP contribution >= 0.6 is 0 Å². The minimum atomic E-state index is 0. The van der Waals surface area contributed by atoms with E-state index in [1.807, 2.05) is 0 Å². The van der Waals surface area contributed by atoms with Gasteiger partial charge in [-0.15, -0.1) is 0 Å². The Bertz CT molecular complexity index is 8.49. The van der Waals surface area contributed by atoms with Crippen molar-refractivity contribution in [1.29, 1.82) is 0 Å². The van der Waals surface area contributed by atoms with Gasteiger partial charge in [-0.3, -0.25) is 0 Å². The predicted octanol–water partition coefficient (Wildman–Crippen LogP) is -3.43. The van der Waals surface area contributed by atoms with E-state index in [0.29, 0.717) is 0 Å². The van der Waals surface area contributed by atoms with Crippen molar-refractivity contribution in [3.05, 3.63) is 0 Å². The molecular formula is H12AsO6Sb. The van der Waals surface area contributed by atoms with Crippen molar-refractivity contribution in [2.24, 2.45) is 0 Å². The van der Waals surface area contributed by atoms with Crippen LogP contribution in [0.3, 0.4) is 0 Å². The topological polar surface area (TPSA) is 180 Å². The smallest absolute Gasteiger partial charge is 0.870 e. The SMILES string of the molecule is [AsH6+3].[OH-].[OH-].[OH-].[OH-].[OH-].[OH-].[Sb+3]. The second-order valence-electron chi connectivity index (χ2n) is 0. The molecule has 58 valence electrons. The Morgan fingerprint density at radius 2 is 0.375 bits per heavy atom. The van der Waals surface area contributed by atoms with Gasteiger partial charge in [0, 0.05) is 0 Å². The van der Waals surface area contributed by atoms with Crippen molar-refractivity contribution >= 4 is 42.4 Å². The average Bonchev–Trinajstić information content (AvgIpc) is 0. The third-order valence-corrected chi connectivity index (χ3v) is 0. The molecule has 0 aromatic heterocycles. The Morgan fingerprint density at radius 1 is 0.375 bits per heavy atom. The molecule has 2 radical (unpaired) electrons. The molecule has 0 heterocycles. The molecule has 8 heavy (non-hydrogen) atoms. The summed E-state index contributed by atoms with van der Waals surface area (Å²) in [6, 6.07) is 0. The fourth-order valence-corrected chi connectivity index (χ4v) is 0. The van der Waals surface area contributed by atoms with Crippen LogP contribution in [0.25, 0.3) is 0 Å². The van der Waals surface area contributed by atoms with Gasteiger partial charge in [0.05, 0.1) is 0 Å². The van der Waals surface area contributed by atoms with Gasteiger partial charge in [-0.1, -0.05) is 0 Å². The summed E-state index contributed by atoms with van der Waals surface area (Å²) in [6.07, 6.45) is 0. The summed E-state index contributed by atoms with van der Waals surface area (Å²) in [5, 5.41) is 0. The molecule has 0 aliphatic carbocycles. The second kappa shape index (κ2) is 321. The molecule has 0 atom stereocenters. The van der Waals surface area contributed by atoms with Gasteiger partial charge in [-0.25, -0.2) is 0 Å². The first-order chi connectivity index (χ1) is 0. The van der Waals surface area contributed by atoms with Crippen molar-refractivity contribution in [3.63, 3.8) is 0 Å². The van der Waals surface area contributed by atoms with Gasteiger partial charge in [-0.05, 0) is 0 Å². The molecule has 6 nitrogen and oxygen atoms in total. The maximum atomic E-state index is 0. The van der Waals surface area contributed by atoms with Crippen LogP contribution in [-0.2, 0) is 0 Å². The third kappa shape index (κ3) is 208. The third-order valence-electron chi connectivity index (χ3n) is 0. The fraction of sp³-hybridized carbons (Fsp3) is 0. The molecule has 0 bridgehead atoms. The van der Waals surface area contributed by atoms with E-state index in [1.165, 1.54) is 0 Å². The standard InChI is InChI=1S/AsH6.6H2O.Sb/h1H6;6*1H2;/q+3;;;;;;;+3/p-6. The quantitative estimate of drug-likeness (QED) is 0.420. The Hall–Kier alpha value is 1.14. The molecular weight excluding hydrogens is 293 g/mol. The Morgan fingerprint density at radius 3 is 0.375 bits per heavy atom. The molecule has 0 aromatic rings. The molecule has 0 rings (SSSR count). The second-order valence-corrected chi connectivity index (χ2v) is 0. The first-order valence-corrected chi connectivity index (χ1v) is 0. The summed E-state index contributed by atoms with van der Waals surface area (Å²) in [4.78, 5) is 0. The van der Waals surface area contributed by atoms with Crippen molar-refractivity contribution in [2.75, 3.05) is 0 Å². The van der Waals surface area contributed by atoms with Crippen LogP contribution in [0.2, 0.25) is 0 Å². The van der Waals surface area contributed by atoms with E-state index >= 15 is 0 Å². The zero-order valence-electron chi connectivity index (χ0n) is 3.13. The van der Waals surface area contributed by atoms with E-state index in [-0.39, 0.29) is 75.2 Å². The molecule has 0 aliphatic rings. The van der Waals surface area contributed by atoms with Gasteiger partial charge in [0.25, 0.3) is 0 Å². The Labute approximate surface area is 75.3 Å². The number of hydrogen-bond acceptors (Lipinski definition) is 6. The van der Waals surface area contributed by atoms with Crippen LogP contribution in [0.15, 0.2) is 0 Å². The van der Waals surface area contributed by atoms with Crippen molar-refractivity contribution < 1.29 is 32.9 Å². The summed E-state index contributed by atoms with van der Waals surface area (Å²) in [6.45, 7) is 0. The molecule has 0 fully saturated rings. The van der Waals surface area contributed by atoms with Gasteiger partial charge in [0.15, 0.2) is 0 Å². The molecule has 0 unspecified atom stereocenters. The monoisotopic (exact) mass is 304 g/mol. The van der Waals surface area contributed by atoms with Crippen LogP contribution in [0, 0.1) is 0 Å². The van der Waals surface area contributed by atoms with Crippen molar-refractivity contribution in [2.45, 2.75) is 0 Å². The summed E-state index contributed by atoms with van der Waals surface area (Å²) in [5.41, 5.74) is 0. The van der Waals surface area contributed by atoms with E-state index in [4.69, 9.17) is 0 Å². The van der Waals surface area contributed by atoms with E-state index < -0.39 is 0 Å². The van der Waals surface area contributed by atoms with Gasteiger partial charge in [0.1, 0.15) is 0 Å². The van der Waals surface area contributed by atoms with E-state index in [9.17, 15) is 0 Å². The fourth-order valence-electron chi connectivity index (χ4n) is 0. The van der Waals surface area contributed by atoms with Crippen LogP contribution in [-0.4, -0.2) is 75.2 Å². The van der Waals surface area contributed by atoms with E-state index in [0.717, 1.165) is 0 Å². The molecule has 0 aliphatic heterocycles. The summed E-state index contributed by atoms with van der Waals surface area (Å²) in [5.74, 6) is 0. The van der Waals surface area contributed by atoms with Crippen molar-refractivity contribution in [1.82, 2.24) is 0 Å². The Balaban J connectivity index is 0. The van der Waals surface area contributed by atoms with Gasteiger partial charge >= 0.3 is 42.4 Å². The molecule has 0 saturated carbocycles. The molecule has 8 heteroatoms. The molecule has 6 N–H and O–H groups in total.